The summed E-state index contributed by atoms with van der Waals surface area (Å²) in [6, 6.07) is 20.2. The normalized spacial score (nSPS) is 16.4. The average molecular weight is 761 g/mol. The molecule has 2 saturated heterocycles. The topological polar surface area (TPSA) is 134 Å². The fourth-order valence-electron chi connectivity index (χ4n) is 7.67. The monoisotopic (exact) mass is 760 g/mol. The van der Waals surface area contributed by atoms with Crippen LogP contribution in [0, 0.1) is 5.82 Å². The van der Waals surface area contributed by atoms with Crippen molar-refractivity contribution in [2.45, 2.75) is 90.6 Å². The fourth-order valence-corrected chi connectivity index (χ4v) is 7.67. The Morgan fingerprint density at radius 2 is 1.64 bits per heavy atom. The number of anilines is 1. The van der Waals surface area contributed by atoms with Crippen LogP contribution in [-0.2, 0) is 37.3 Å². The summed E-state index contributed by atoms with van der Waals surface area (Å²) >= 11 is 0. The number of aryl methyl sites for hydroxylation is 2. The molecule has 0 bridgehead atoms. The van der Waals surface area contributed by atoms with Crippen LogP contribution in [0.1, 0.15) is 89.1 Å². The Hall–Kier alpha value is -5.17. The minimum atomic E-state index is -0.328. The van der Waals surface area contributed by atoms with Gasteiger partial charge in [-0.1, -0.05) is 43.7 Å². The molecule has 2 aliphatic rings. The molecule has 1 unspecified atom stereocenters. The van der Waals surface area contributed by atoms with Crippen molar-refractivity contribution in [2.75, 3.05) is 31.6 Å². The summed E-state index contributed by atoms with van der Waals surface area (Å²) in [6.07, 6.45) is 7.87. The van der Waals surface area contributed by atoms with Gasteiger partial charge in [0.15, 0.2) is 5.65 Å². The highest BCUT2D eigenvalue weighted by Gasteiger charge is 2.23. The number of rotatable bonds is 14. The van der Waals surface area contributed by atoms with Gasteiger partial charge in [-0.25, -0.2) is 14.1 Å². The molecule has 4 heterocycles. The Labute approximate surface area is 328 Å². The maximum absolute atomic E-state index is 15.2. The molecule has 2 amide bonds. The van der Waals surface area contributed by atoms with E-state index in [1.807, 2.05) is 36.0 Å². The number of hydrogen-bond donors (Lipinski definition) is 5. The molecule has 2 fully saturated rings. The van der Waals surface area contributed by atoms with Crippen LogP contribution in [0.15, 0.2) is 72.9 Å². The van der Waals surface area contributed by atoms with Crippen LogP contribution in [-0.4, -0.2) is 65.0 Å². The molecule has 5 aromatic rings. The number of fused-ring (bicyclic) bond motifs is 1. The number of carbonyl (C=O) groups excluding carboxylic acids is 2. The van der Waals surface area contributed by atoms with Gasteiger partial charge in [-0.05, 0) is 98.7 Å². The lowest BCUT2D eigenvalue weighted by Crippen LogP contribution is -2.36. The second-order valence-electron chi connectivity index (χ2n) is 14.7. The van der Waals surface area contributed by atoms with Crippen LogP contribution in [0.25, 0.3) is 22.2 Å². The predicted octanol–water partition coefficient (Wildman–Crippen LogP) is 6.50. The Balaban J connectivity index is 1.00. The van der Waals surface area contributed by atoms with Crippen LogP contribution < -0.4 is 26.6 Å². The van der Waals surface area contributed by atoms with Gasteiger partial charge in [0, 0.05) is 86.0 Å². The van der Waals surface area contributed by atoms with Crippen molar-refractivity contribution in [1.82, 2.24) is 36.0 Å². The van der Waals surface area contributed by atoms with Gasteiger partial charge in [0.25, 0.3) is 11.8 Å². The van der Waals surface area contributed by atoms with Gasteiger partial charge in [-0.2, -0.15) is 5.10 Å². The minimum absolute atomic E-state index is 0.200. The first-order chi connectivity index (χ1) is 27.4. The van der Waals surface area contributed by atoms with Crippen molar-refractivity contribution in [2.24, 2.45) is 0 Å². The summed E-state index contributed by atoms with van der Waals surface area (Å²) in [5.74, 6) is -0.943. The average Bonchev–Trinajstić information content (AvgIpc) is 3.47. The van der Waals surface area contributed by atoms with E-state index in [1.165, 1.54) is 18.9 Å². The number of hydrogen-bond acceptors (Lipinski definition) is 8. The zero-order valence-corrected chi connectivity index (χ0v) is 32.4. The summed E-state index contributed by atoms with van der Waals surface area (Å²) in [5.41, 5.74) is 7.46. The van der Waals surface area contributed by atoms with E-state index in [2.05, 4.69) is 44.7 Å². The molecule has 7 rings (SSSR count). The van der Waals surface area contributed by atoms with Crippen molar-refractivity contribution in [3.63, 3.8) is 0 Å². The highest BCUT2D eigenvalue weighted by molar-refractivity contribution is 6.00. The second-order valence-corrected chi connectivity index (χ2v) is 14.7. The molecule has 2 aliphatic heterocycles. The van der Waals surface area contributed by atoms with Crippen LogP contribution >= 0.6 is 0 Å². The van der Waals surface area contributed by atoms with E-state index < -0.39 is 0 Å². The van der Waals surface area contributed by atoms with Crippen molar-refractivity contribution < 1.29 is 18.7 Å². The summed E-state index contributed by atoms with van der Waals surface area (Å²) in [7, 11) is 0. The first-order valence-corrected chi connectivity index (χ1v) is 20.1. The molecule has 0 radical (unpaired) electrons. The zero-order valence-electron chi connectivity index (χ0n) is 32.4. The van der Waals surface area contributed by atoms with Crippen LogP contribution in [0.5, 0.6) is 0 Å². The first-order valence-electron chi connectivity index (χ1n) is 20.1. The third kappa shape index (κ3) is 9.43. The molecule has 0 saturated carbocycles. The highest BCUT2D eigenvalue weighted by atomic mass is 19.1. The van der Waals surface area contributed by atoms with Gasteiger partial charge in [-0.3, -0.25) is 9.59 Å². The summed E-state index contributed by atoms with van der Waals surface area (Å²) in [6.45, 7) is 9.40. The number of benzene rings is 3. The second kappa shape index (κ2) is 18.6. The van der Waals surface area contributed by atoms with E-state index in [0.29, 0.717) is 55.5 Å². The van der Waals surface area contributed by atoms with E-state index in [9.17, 15) is 9.59 Å². The van der Waals surface area contributed by atoms with Crippen LogP contribution in [0.2, 0.25) is 0 Å². The zero-order chi connectivity index (χ0) is 38.9. The smallest absolute Gasteiger partial charge is 0.251 e. The van der Waals surface area contributed by atoms with E-state index in [-0.39, 0.29) is 36.8 Å². The molecule has 12 heteroatoms. The number of nitrogens with zero attached hydrogens (tertiary/aromatic N) is 3. The van der Waals surface area contributed by atoms with Crippen LogP contribution in [0.3, 0.4) is 0 Å². The van der Waals surface area contributed by atoms with Crippen molar-refractivity contribution in [3.05, 3.63) is 112 Å². The SMILES string of the molecule is CCc1nc2c(cnn2CC)c(NC2CCOCC2)c1CNC(=O)c1cccc(C(=O)NCc2ccc(F)c(-c3cccc(CNC4CCCCNC4)c3)c2)c1. The largest absolute Gasteiger partial charge is 0.381 e. The lowest BCUT2D eigenvalue weighted by Gasteiger charge is -2.26. The van der Waals surface area contributed by atoms with Crippen molar-refractivity contribution in [3.8, 4) is 11.1 Å². The van der Waals surface area contributed by atoms with Gasteiger partial charge in [0.1, 0.15) is 5.82 Å². The molecular formula is C44H53FN8O3. The molecule has 0 aliphatic carbocycles. The van der Waals surface area contributed by atoms with E-state index in [0.717, 1.165) is 77.0 Å². The number of aromatic nitrogens is 3. The third-order valence-electron chi connectivity index (χ3n) is 10.9. The van der Waals surface area contributed by atoms with Crippen molar-refractivity contribution >= 4 is 28.5 Å². The lowest BCUT2D eigenvalue weighted by molar-refractivity contribution is 0.0904. The quantitative estimate of drug-likeness (QED) is 0.0867. The maximum Gasteiger partial charge on any atom is 0.251 e. The molecule has 1 atom stereocenters. The maximum atomic E-state index is 15.2. The lowest BCUT2D eigenvalue weighted by atomic mass is 10.00. The van der Waals surface area contributed by atoms with Crippen molar-refractivity contribution in [1.29, 1.82) is 0 Å². The molecule has 5 N–H and O–H groups in total. The van der Waals surface area contributed by atoms with Gasteiger partial charge in [-0.15, -0.1) is 0 Å². The molecule has 3 aromatic carbocycles. The first kappa shape index (κ1) is 39.1. The van der Waals surface area contributed by atoms with Gasteiger partial charge >= 0.3 is 0 Å². The number of halogens is 1. The Morgan fingerprint density at radius 3 is 2.43 bits per heavy atom. The molecule has 56 heavy (non-hydrogen) atoms. The Bertz CT molecular complexity index is 2140. The fraction of sp³-hybridized carbons (Fsp3) is 0.409. The molecule has 11 nitrogen and oxygen atoms in total. The molecule has 2 aromatic heterocycles. The number of pyridine rings is 1. The predicted molar refractivity (Wildman–Crippen MR) is 218 cm³/mol. The number of amides is 2. The summed E-state index contributed by atoms with van der Waals surface area (Å²) in [5, 5.41) is 22.4. The van der Waals surface area contributed by atoms with Gasteiger partial charge < -0.3 is 31.3 Å². The number of carbonyl (C=O) groups is 2. The number of nitrogens with one attached hydrogen (secondary N) is 5. The van der Waals surface area contributed by atoms with E-state index in [1.54, 1.807) is 36.4 Å². The van der Waals surface area contributed by atoms with E-state index in [4.69, 9.17) is 9.72 Å². The Morgan fingerprint density at radius 1 is 0.875 bits per heavy atom. The number of ether oxygens (including phenoxy) is 1. The summed E-state index contributed by atoms with van der Waals surface area (Å²) in [4.78, 5) is 31.9. The third-order valence-corrected chi connectivity index (χ3v) is 10.9. The summed E-state index contributed by atoms with van der Waals surface area (Å²) < 4.78 is 22.6. The molecule has 294 valence electrons. The van der Waals surface area contributed by atoms with Gasteiger partial charge in [0.2, 0.25) is 0 Å². The van der Waals surface area contributed by atoms with Gasteiger partial charge in [0.05, 0.1) is 17.3 Å². The standard InChI is InChI=1S/C44H53FN8O3/c1-3-40-37(41(51-34-16-19-56-20-17-34)38-28-50-53(4-2)42(38)52-40)27-49-44(55)33-12-8-11-32(23-33)43(54)48-25-30-14-15-39(45)36(22-30)31-10-7-9-29(21-31)24-47-35-13-5-6-18-46-26-35/h7-12,14-15,21-23,28,34-35,46-47H,3-6,13,16-20,24-27H2,1-2H3,(H,48,54)(H,49,55)(H,51,52). The molecular weight excluding hydrogens is 708 g/mol. The Kier molecular flexibility index (Phi) is 13.0. The van der Waals surface area contributed by atoms with E-state index >= 15 is 4.39 Å². The minimum Gasteiger partial charge on any atom is -0.381 e. The van der Waals surface area contributed by atoms with Crippen LogP contribution in [0.4, 0.5) is 10.1 Å². The highest BCUT2D eigenvalue weighted by Crippen LogP contribution is 2.31. The molecule has 0 spiro atoms.